The highest BCUT2D eigenvalue weighted by Crippen LogP contribution is 2.17. The van der Waals surface area contributed by atoms with E-state index >= 15 is 0 Å². The minimum Gasteiger partial charge on any atom is -0.481 e. The summed E-state index contributed by atoms with van der Waals surface area (Å²) in [5.41, 5.74) is 0. The number of carboxylic acid groups (broad SMARTS) is 3. The molecule has 0 fully saturated rings. The van der Waals surface area contributed by atoms with Crippen LogP contribution in [-0.2, 0) is 57.3 Å². The van der Waals surface area contributed by atoms with Crippen LogP contribution in [0.1, 0.15) is 167 Å². The molecule has 384 valence electrons. The van der Waals surface area contributed by atoms with Gasteiger partial charge in [0.05, 0.1) is 44.3 Å². The maximum Gasteiger partial charge on any atom is 0.326 e. The molecule has 0 aliphatic carbocycles. The van der Waals surface area contributed by atoms with Gasteiger partial charge in [0.15, 0.2) is 0 Å². The Morgan fingerprint density at radius 1 is 0.500 bits per heavy atom. The molecule has 0 aromatic rings. The average molecular weight is 1010 g/mol. The molecule has 18 nitrogen and oxygen atoms in total. The number of ketones is 2. The SMILES string of the molecule is CCC(=O)CCCOCCOCC(=O)N[C@@H](CCCCNC(=O)CBr)C(=O)O.COCCOCCNC(=O)CC[C@H](CC(=O)CCCCCCCCCCCCCCCCC(=O)O)C(=O)O. The molecule has 3 amide bonds. The van der Waals surface area contributed by atoms with Gasteiger partial charge in [-0.2, -0.15) is 0 Å². The van der Waals surface area contributed by atoms with E-state index in [9.17, 15) is 48.6 Å². The number of nitrogens with one attached hydrogen (secondary N) is 3. The molecular formula is C47H84BrN3O15. The van der Waals surface area contributed by atoms with E-state index in [0.29, 0.717) is 84.6 Å². The first-order chi connectivity index (χ1) is 31.8. The number of alkyl halides is 1. The third-order valence-electron chi connectivity index (χ3n) is 10.4. The first-order valence-corrected chi connectivity index (χ1v) is 25.2. The van der Waals surface area contributed by atoms with Crippen LogP contribution in [0.25, 0.3) is 0 Å². The molecule has 0 aromatic heterocycles. The van der Waals surface area contributed by atoms with E-state index in [2.05, 4.69) is 31.9 Å². The lowest BCUT2D eigenvalue weighted by molar-refractivity contribution is -0.144. The third-order valence-corrected chi connectivity index (χ3v) is 10.9. The van der Waals surface area contributed by atoms with E-state index in [1.165, 1.54) is 51.4 Å². The minimum atomic E-state index is -1.11. The molecular weight excluding hydrogens is 926 g/mol. The fraction of sp³-hybridized carbons (Fsp3) is 0.830. The Bertz CT molecular complexity index is 1310. The van der Waals surface area contributed by atoms with Crippen molar-refractivity contribution in [2.24, 2.45) is 5.92 Å². The summed E-state index contributed by atoms with van der Waals surface area (Å²) in [5, 5.41) is 35.2. The van der Waals surface area contributed by atoms with Gasteiger partial charge >= 0.3 is 17.9 Å². The van der Waals surface area contributed by atoms with Crippen LogP contribution < -0.4 is 16.0 Å². The Hall–Kier alpha value is -3.52. The van der Waals surface area contributed by atoms with Crippen molar-refractivity contribution >= 4 is 63.1 Å². The average Bonchev–Trinajstić information content (AvgIpc) is 3.28. The molecule has 6 N–H and O–H groups in total. The number of hydrogen-bond acceptors (Lipinski definition) is 12. The second-order valence-corrected chi connectivity index (χ2v) is 16.8. The number of unbranched alkanes of at least 4 members (excludes halogenated alkanes) is 14. The van der Waals surface area contributed by atoms with Gasteiger partial charge in [0.1, 0.15) is 24.2 Å². The molecule has 0 aliphatic heterocycles. The smallest absolute Gasteiger partial charge is 0.326 e. The summed E-state index contributed by atoms with van der Waals surface area (Å²) in [7, 11) is 1.58. The lowest BCUT2D eigenvalue weighted by atomic mass is 9.94. The fourth-order valence-corrected chi connectivity index (χ4v) is 6.68. The molecule has 0 spiro atoms. The van der Waals surface area contributed by atoms with Gasteiger partial charge in [0.25, 0.3) is 0 Å². The molecule has 0 unspecified atom stereocenters. The van der Waals surface area contributed by atoms with Crippen molar-refractivity contribution in [1.29, 1.82) is 0 Å². The van der Waals surface area contributed by atoms with Crippen LogP contribution in [-0.4, -0.2) is 140 Å². The maximum absolute atomic E-state index is 12.2. The number of rotatable bonds is 47. The van der Waals surface area contributed by atoms with Crippen molar-refractivity contribution in [3.63, 3.8) is 0 Å². The van der Waals surface area contributed by atoms with E-state index in [4.69, 9.17) is 24.1 Å². The van der Waals surface area contributed by atoms with E-state index in [0.717, 1.165) is 38.5 Å². The zero-order chi connectivity index (χ0) is 49.5. The molecule has 0 aliphatic rings. The van der Waals surface area contributed by atoms with E-state index in [1.54, 1.807) is 7.11 Å². The highest BCUT2D eigenvalue weighted by Gasteiger charge is 2.22. The molecule has 19 heteroatoms. The summed E-state index contributed by atoms with van der Waals surface area (Å²) in [5.74, 6) is -4.35. The first-order valence-electron chi connectivity index (χ1n) is 24.1. The number of hydrogen-bond donors (Lipinski definition) is 6. The number of carbonyl (C=O) groups is 8. The summed E-state index contributed by atoms with van der Waals surface area (Å²) in [6.07, 6.45) is 19.7. The van der Waals surface area contributed by atoms with Crippen molar-refractivity contribution in [1.82, 2.24) is 16.0 Å². The second kappa shape index (κ2) is 48.0. The Labute approximate surface area is 401 Å². The largest absolute Gasteiger partial charge is 0.481 e. The number of carbonyl (C=O) groups excluding carboxylic acids is 5. The van der Waals surface area contributed by atoms with Crippen LogP contribution in [0.2, 0.25) is 0 Å². The minimum absolute atomic E-state index is 0.00885. The van der Waals surface area contributed by atoms with Gasteiger partial charge in [-0.3, -0.25) is 33.6 Å². The maximum atomic E-state index is 12.2. The predicted octanol–water partition coefficient (Wildman–Crippen LogP) is 6.56. The molecule has 0 radical (unpaired) electrons. The predicted molar refractivity (Wildman–Crippen MR) is 254 cm³/mol. The Morgan fingerprint density at radius 3 is 1.58 bits per heavy atom. The van der Waals surface area contributed by atoms with Crippen molar-refractivity contribution in [2.45, 2.75) is 173 Å². The number of Topliss-reactive ketones (excluding diaryl/α,β-unsaturated/α-hetero) is 2. The topological polar surface area (TPSA) is 270 Å². The third kappa shape index (κ3) is 47.0. The first kappa shape index (κ1) is 64.6. The lowest BCUT2D eigenvalue weighted by Crippen LogP contribution is -2.42. The van der Waals surface area contributed by atoms with Crippen LogP contribution in [0.15, 0.2) is 0 Å². The van der Waals surface area contributed by atoms with E-state index in [-0.39, 0.29) is 74.0 Å². The van der Waals surface area contributed by atoms with Crippen molar-refractivity contribution in [3.8, 4) is 0 Å². The molecule has 0 aromatic carbocycles. The van der Waals surface area contributed by atoms with Crippen molar-refractivity contribution < 1.29 is 72.6 Å². The Kier molecular flexibility index (Phi) is 46.9. The van der Waals surface area contributed by atoms with Crippen molar-refractivity contribution in [3.05, 3.63) is 0 Å². The fourth-order valence-electron chi connectivity index (χ4n) is 6.48. The molecule has 0 bridgehead atoms. The van der Waals surface area contributed by atoms with Crippen LogP contribution in [0.5, 0.6) is 0 Å². The van der Waals surface area contributed by atoms with Crippen LogP contribution >= 0.6 is 15.9 Å². The van der Waals surface area contributed by atoms with Gasteiger partial charge in [-0.25, -0.2) is 4.79 Å². The van der Waals surface area contributed by atoms with Crippen molar-refractivity contribution in [2.75, 3.05) is 71.8 Å². The van der Waals surface area contributed by atoms with E-state index < -0.39 is 35.8 Å². The number of carboxylic acids is 3. The van der Waals surface area contributed by atoms with Gasteiger partial charge < -0.3 is 50.2 Å². The molecule has 0 saturated carbocycles. The Morgan fingerprint density at radius 2 is 1.03 bits per heavy atom. The van der Waals surface area contributed by atoms with Gasteiger partial charge in [0, 0.05) is 65.3 Å². The molecule has 66 heavy (non-hydrogen) atoms. The van der Waals surface area contributed by atoms with Gasteiger partial charge in [-0.15, -0.1) is 0 Å². The zero-order valence-corrected chi connectivity index (χ0v) is 41.6. The molecule has 2 atom stereocenters. The van der Waals surface area contributed by atoms with Crippen LogP contribution in [0, 0.1) is 5.92 Å². The monoisotopic (exact) mass is 1010 g/mol. The highest BCUT2D eigenvalue weighted by atomic mass is 79.9. The van der Waals surface area contributed by atoms with E-state index in [1.807, 2.05) is 6.92 Å². The zero-order valence-electron chi connectivity index (χ0n) is 40.0. The Balaban J connectivity index is 0. The number of aliphatic carboxylic acids is 3. The molecule has 0 heterocycles. The number of halogens is 1. The summed E-state index contributed by atoms with van der Waals surface area (Å²) in [6.45, 7) is 4.68. The van der Waals surface area contributed by atoms with Gasteiger partial charge in [-0.1, -0.05) is 99.9 Å². The summed E-state index contributed by atoms with van der Waals surface area (Å²) in [6, 6.07) is -0.990. The van der Waals surface area contributed by atoms with Crippen LogP contribution in [0.3, 0.4) is 0 Å². The van der Waals surface area contributed by atoms with Gasteiger partial charge in [0.2, 0.25) is 17.7 Å². The number of ether oxygens (including phenoxy) is 4. The normalized spacial score (nSPS) is 11.7. The molecule has 0 saturated heterocycles. The second-order valence-electron chi connectivity index (χ2n) is 16.2. The quantitative estimate of drug-likeness (QED) is 0.0278. The summed E-state index contributed by atoms with van der Waals surface area (Å²) in [4.78, 5) is 91.3. The summed E-state index contributed by atoms with van der Waals surface area (Å²) >= 11 is 3.03. The van der Waals surface area contributed by atoms with Gasteiger partial charge in [-0.05, 0) is 44.9 Å². The standard InChI is InChI=1S/C29H53NO8.C18H31BrN2O7/c1-37-22-23-38-21-20-30-27(32)19-18-25(29(35)36)24-26(31)16-14-12-10-8-6-4-2-3-5-7-9-11-13-15-17-28(33)34;1-2-14(22)6-5-9-27-10-11-28-13-17(24)21-15(18(25)26)7-3-4-8-20-16(23)12-19/h25H,2-24H2,1H3,(H,30,32)(H,33,34)(H,35,36);15H,2-13H2,1H3,(H,20,23)(H,21,24)(H,25,26)/t25-;15-/m10/s1. The molecule has 0 rings (SSSR count). The highest BCUT2D eigenvalue weighted by molar-refractivity contribution is 9.09. The lowest BCUT2D eigenvalue weighted by Gasteiger charge is -2.14. The number of methoxy groups -OCH3 is 1. The summed E-state index contributed by atoms with van der Waals surface area (Å²) < 4.78 is 20.6. The van der Waals surface area contributed by atoms with Crippen LogP contribution in [0.4, 0.5) is 0 Å². The number of amides is 3.